The van der Waals surface area contributed by atoms with Crippen LogP contribution in [0.5, 0.6) is 0 Å². The van der Waals surface area contributed by atoms with E-state index in [2.05, 4.69) is 10.6 Å². The van der Waals surface area contributed by atoms with Crippen molar-refractivity contribution in [1.29, 1.82) is 0 Å². The number of amides is 2. The maximum Gasteiger partial charge on any atom is 0.245 e. The number of carbonyl (C=O) groups is 2. The number of nitrogens with one attached hydrogen (secondary N) is 2. The van der Waals surface area contributed by atoms with Gasteiger partial charge in [0.15, 0.2) is 0 Å². The van der Waals surface area contributed by atoms with Gasteiger partial charge >= 0.3 is 0 Å². The lowest BCUT2D eigenvalue weighted by Crippen LogP contribution is -2.60. The van der Waals surface area contributed by atoms with Gasteiger partial charge in [-0.2, -0.15) is 0 Å². The summed E-state index contributed by atoms with van der Waals surface area (Å²) < 4.78 is 0. The van der Waals surface area contributed by atoms with Gasteiger partial charge in [0.05, 0.1) is 5.60 Å². The van der Waals surface area contributed by atoms with Crippen molar-refractivity contribution >= 4 is 23.4 Å². The van der Waals surface area contributed by atoms with E-state index in [9.17, 15) is 14.7 Å². The van der Waals surface area contributed by atoms with Gasteiger partial charge in [0.1, 0.15) is 6.04 Å². The van der Waals surface area contributed by atoms with Crippen LogP contribution in [0.3, 0.4) is 0 Å². The average molecular weight is 450 g/mol. The first-order valence-electron chi connectivity index (χ1n) is 11.3. The molecule has 1 aromatic carbocycles. The van der Waals surface area contributed by atoms with E-state index in [-0.39, 0.29) is 17.7 Å². The molecule has 2 amide bonds. The number of piperidine rings is 1. The van der Waals surface area contributed by atoms with Crippen LogP contribution in [0.25, 0.3) is 0 Å². The van der Waals surface area contributed by atoms with E-state index >= 15 is 0 Å². The summed E-state index contributed by atoms with van der Waals surface area (Å²) in [4.78, 5) is 27.8. The van der Waals surface area contributed by atoms with Crippen molar-refractivity contribution in [3.63, 3.8) is 0 Å². The van der Waals surface area contributed by atoms with Gasteiger partial charge in [-0.1, -0.05) is 51.4 Å². The minimum atomic E-state index is -1.06. The standard InChI is InChI=1S/C24H36ClN3O3/c1-16(2)21(27-20(29)13-17-9-11-26-14-17)22(30)28-12-10-24(31,23(3,4)15-28)18-5-7-19(25)8-6-18/h5-8,16-17,21,26,31H,9-15H2,1-4H3,(H,27,29). The van der Waals surface area contributed by atoms with E-state index in [0.717, 1.165) is 25.1 Å². The molecule has 0 spiro atoms. The molecule has 3 N–H and O–H groups in total. The second kappa shape index (κ2) is 9.47. The number of hydrogen-bond acceptors (Lipinski definition) is 4. The molecule has 2 saturated heterocycles. The molecule has 0 radical (unpaired) electrons. The molecule has 1 aromatic rings. The number of hydrogen-bond donors (Lipinski definition) is 3. The predicted octanol–water partition coefficient (Wildman–Crippen LogP) is 2.93. The fraction of sp³-hybridized carbons (Fsp3) is 0.667. The van der Waals surface area contributed by atoms with Crippen LogP contribution in [0.15, 0.2) is 24.3 Å². The molecule has 7 heteroatoms. The molecule has 0 saturated carbocycles. The summed E-state index contributed by atoms with van der Waals surface area (Å²) in [6.07, 6.45) is 1.88. The van der Waals surface area contributed by atoms with Gasteiger partial charge in [0, 0.05) is 29.9 Å². The number of benzene rings is 1. The molecule has 2 aliphatic rings. The summed E-state index contributed by atoms with van der Waals surface area (Å²) in [5.41, 5.74) is -0.802. The largest absolute Gasteiger partial charge is 0.384 e. The first-order chi connectivity index (χ1) is 14.5. The van der Waals surface area contributed by atoms with Crippen LogP contribution in [0.4, 0.5) is 0 Å². The summed E-state index contributed by atoms with van der Waals surface area (Å²) in [7, 11) is 0. The molecular weight excluding hydrogens is 414 g/mol. The van der Waals surface area contributed by atoms with E-state index in [4.69, 9.17) is 11.6 Å². The quantitative estimate of drug-likeness (QED) is 0.623. The van der Waals surface area contributed by atoms with Crippen LogP contribution in [0, 0.1) is 17.3 Å². The first-order valence-corrected chi connectivity index (χ1v) is 11.7. The van der Waals surface area contributed by atoms with Crippen molar-refractivity contribution in [3.05, 3.63) is 34.9 Å². The highest BCUT2D eigenvalue weighted by Crippen LogP contribution is 2.46. The Bertz CT molecular complexity index is 790. The second-order valence-corrected chi connectivity index (χ2v) is 10.5. The van der Waals surface area contributed by atoms with E-state index < -0.39 is 17.1 Å². The number of carbonyl (C=O) groups excluding carboxylic acids is 2. The smallest absolute Gasteiger partial charge is 0.245 e. The number of nitrogens with zero attached hydrogens (tertiary/aromatic N) is 1. The van der Waals surface area contributed by atoms with Crippen LogP contribution in [-0.2, 0) is 15.2 Å². The van der Waals surface area contributed by atoms with Gasteiger partial charge < -0.3 is 20.6 Å². The van der Waals surface area contributed by atoms with Crippen molar-refractivity contribution in [2.24, 2.45) is 17.3 Å². The molecule has 3 atom stereocenters. The van der Waals surface area contributed by atoms with Gasteiger partial charge in [-0.15, -0.1) is 0 Å². The molecule has 6 nitrogen and oxygen atoms in total. The number of aliphatic hydroxyl groups is 1. The first kappa shape index (κ1) is 24.0. The van der Waals surface area contributed by atoms with Crippen molar-refractivity contribution in [1.82, 2.24) is 15.5 Å². The van der Waals surface area contributed by atoms with Crippen LogP contribution in [0.1, 0.15) is 52.5 Å². The Labute approximate surface area is 190 Å². The highest BCUT2D eigenvalue weighted by molar-refractivity contribution is 6.30. The molecule has 2 heterocycles. The minimum absolute atomic E-state index is 0.0154. The van der Waals surface area contributed by atoms with E-state index in [0.29, 0.717) is 36.9 Å². The molecular formula is C24H36ClN3O3. The Hall–Kier alpha value is -1.63. The van der Waals surface area contributed by atoms with Crippen LogP contribution in [0.2, 0.25) is 5.02 Å². The Kier molecular flexibility index (Phi) is 7.34. The summed E-state index contributed by atoms with van der Waals surface area (Å²) in [5, 5.41) is 18.4. The van der Waals surface area contributed by atoms with Crippen LogP contribution in [-0.4, -0.2) is 54.0 Å². The van der Waals surface area contributed by atoms with Crippen LogP contribution >= 0.6 is 11.6 Å². The van der Waals surface area contributed by atoms with Gasteiger partial charge in [-0.3, -0.25) is 9.59 Å². The molecule has 0 bridgehead atoms. The molecule has 2 aliphatic heterocycles. The normalized spacial score (nSPS) is 26.7. The van der Waals surface area contributed by atoms with Crippen LogP contribution < -0.4 is 10.6 Å². The monoisotopic (exact) mass is 449 g/mol. The third-order valence-corrected chi connectivity index (χ3v) is 7.22. The molecule has 3 rings (SSSR count). The fourth-order valence-electron chi connectivity index (χ4n) is 4.86. The Morgan fingerprint density at radius 2 is 1.97 bits per heavy atom. The van der Waals surface area contributed by atoms with Gasteiger partial charge in [-0.05, 0) is 55.5 Å². The van der Waals surface area contributed by atoms with E-state index in [1.165, 1.54) is 0 Å². The maximum atomic E-state index is 13.4. The van der Waals surface area contributed by atoms with Gasteiger partial charge in [0.2, 0.25) is 11.8 Å². The fourth-order valence-corrected chi connectivity index (χ4v) is 4.99. The van der Waals surface area contributed by atoms with Gasteiger partial charge in [-0.25, -0.2) is 0 Å². The van der Waals surface area contributed by atoms with E-state index in [1.54, 1.807) is 17.0 Å². The highest BCUT2D eigenvalue weighted by atomic mass is 35.5. The SMILES string of the molecule is CC(C)C(NC(=O)CC1CCNC1)C(=O)N1CCC(O)(c2ccc(Cl)cc2)C(C)(C)C1. The van der Waals surface area contributed by atoms with Crippen molar-refractivity contribution in [2.75, 3.05) is 26.2 Å². The zero-order valence-corrected chi connectivity index (χ0v) is 19.8. The third kappa shape index (κ3) is 5.24. The predicted molar refractivity (Wildman–Crippen MR) is 123 cm³/mol. The summed E-state index contributed by atoms with van der Waals surface area (Å²) in [6, 6.07) is 6.73. The molecule has 172 valence electrons. The summed E-state index contributed by atoms with van der Waals surface area (Å²) >= 11 is 6.02. The third-order valence-electron chi connectivity index (χ3n) is 6.97. The Morgan fingerprint density at radius 3 is 2.52 bits per heavy atom. The molecule has 0 aliphatic carbocycles. The van der Waals surface area contributed by atoms with Crippen molar-refractivity contribution < 1.29 is 14.7 Å². The number of halogens is 1. The van der Waals surface area contributed by atoms with E-state index in [1.807, 2.05) is 39.8 Å². The lowest BCUT2D eigenvalue weighted by Gasteiger charge is -2.51. The summed E-state index contributed by atoms with van der Waals surface area (Å²) in [6.45, 7) is 10.5. The highest BCUT2D eigenvalue weighted by Gasteiger charge is 2.50. The topological polar surface area (TPSA) is 81.7 Å². The number of rotatable bonds is 6. The van der Waals surface area contributed by atoms with Crippen molar-refractivity contribution in [2.45, 2.75) is 58.6 Å². The molecule has 2 fully saturated rings. The zero-order chi connectivity index (χ0) is 22.8. The molecule has 0 aromatic heterocycles. The average Bonchev–Trinajstić information content (AvgIpc) is 3.21. The lowest BCUT2D eigenvalue weighted by molar-refractivity contribution is -0.156. The second-order valence-electron chi connectivity index (χ2n) is 10.1. The minimum Gasteiger partial charge on any atom is -0.384 e. The Balaban J connectivity index is 1.69. The molecule has 3 unspecified atom stereocenters. The lowest BCUT2D eigenvalue weighted by atomic mass is 9.66. The Morgan fingerprint density at radius 1 is 1.29 bits per heavy atom. The van der Waals surface area contributed by atoms with Gasteiger partial charge in [0.25, 0.3) is 0 Å². The zero-order valence-electron chi connectivity index (χ0n) is 19.1. The van der Waals surface area contributed by atoms with Crippen molar-refractivity contribution in [3.8, 4) is 0 Å². The number of likely N-dealkylation sites (tertiary alicyclic amines) is 1. The molecule has 31 heavy (non-hydrogen) atoms. The maximum absolute atomic E-state index is 13.4. The summed E-state index contributed by atoms with van der Waals surface area (Å²) in [5.74, 6) is 0.193.